The smallest absolute Gasteiger partial charge is 0.264 e. The average Bonchev–Trinajstić information content (AvgIpc) is 2.89. The molecule has 0 heterocycles. The number of likely N-dealkylation sites (N-methyl/N-ethyl adjacent to an activating group) is 1. The van der Waals surface area contributed by atoms with Crippen molar-refractivity contribution in [2.24, 2.45) is 0 Å². The SMILES string of the molecule is CNC(=O)[C@H](C)N(Cc1cccc(Cl)c1)C(=O)CN(c1ccc(C(C)C)cc1)S(=O)(=O)c1ccccc1. The first-order valence-electron chi connectivity index (χ1n) is 12.0. The molecular weight excluding hydrogens is 510 g/mol. The van der Waals surface area contributed by atoms with Gasteiger partial charge in [0.1, 0.15) is 12.6 Å². The van der Waals surface area contributed by atoms with Gasteiger partial charge in [-0.05, 0) is 60.4 Å². The van der Waals surface area contributed by atoms with Crippen molar-refractivity contribution in [3.05, 3.63) is 95.0 Å². The van der Waals surface area contributed by atoms with Gasteiger partial charge in [0.15, 0.2) is 0 Å². The van der Waals surface area contributed by atoms with Crippen LogP contribution in [0.4, 0.5) is 5.69 Å². The first kappa shape index (κ1) is 28.2. The van der Waals surface area contributed by atoms with Gasteiger partial charge in [0.2, 0.25) is 11.8 Å². The first-order valence-corrected chi connectivity index (χ1v) is 13.8. The molecule has 7 nitrogen and oxygen atoms in total. The zero-order valence-electron chi connectivity index (χ0n) is 21.4. The Morgan fingerprint density at radius 3 is 2.14 bits per heavy atom. The van der Waals surface area contributed by atoms with Crippen LogP contribution in [0.2, 0.25) is 5.02 Å². The molecule has 0 aliphatic heterocycles. The highest BCUT2D eigenvalue weighted by atomic mass is 35.5. The van der Waals surface area contributed by atoms with Gasteiger partial charge in [-0.1, -0.05) is 67.9 Å². The van der Waals surface area contributed by atoms with E-state index in [2.05, 4.69) is 5.32 Å². The van der Waals surface area contributed by atoms with Crippen LogP contribution in [-0.2, 0) is 26.2 Å². The molecule has 37 heavy (non-hydrogen) atoms. The quantitative estimate of drug-likeness (QED) is 0.398. The van der Waals surface area contributed by atoms with E-state index < -0.39 is 28.5 Å². The minimum absolute atomic E-state index is 0.0662. The van der Waals surface area contributed by atoms with Crippen LogP contribution in [0.15, 0.2) is 83.8 Å². The van der Waals surface area contributed by atoms with Crippen molar-refractivity contribution in [3.8, 4) is 0 Å². The third-order valence-electron chi connectivity index (χ3n) is 6.11. The Kier molecular flexibility index (Phi) is 9.34. The maximum Gasteiger partial charge on any atom is 0.264 e. The van der Waals surface area contributed by atoms with Crippen molar-refractivity contribution in [1.82, 2.24) is 10.2 Å². The van der Waals surface area contributed by atoms with Crippen LogP contribution in [0.25, 0.3) is 0 Å². The number of rotatable bonds is 10. The van der Waals surface area contributed by atoms with E-state index in [1.807, 2.05) is 26.0 Å². The fraction of sp³-hybridized carbons (Fsp3) is 0.286. The number of nitrogens with zero attached hydrogens (tertiary/aromatic N) is 2. The van der Waals surface area contributed by atoms with E-state index in [1.165, 1.54) is 24.1 Å². The molecule has 0 fully saturated rings. The van der Waals surface area contributed by atoms with Crippen molar-refractivity contribution in [3.63, 3.8) is 0 Å². The number of benzene rings is 3. The van der Waals surface area contributed by atoms with Crippen LogP contribution < -0.4 is 9.62 Å². The van der Waals surface area contributed by atoms with E-state index in [0.29, 0.717) is 10.7 Å². The van der Waals surface area contributed by atoms with Gasteiger partial charge < -0.3 is 10.2 Å². The Morgan fingerprint density at radius 1 is 0.919 bits per heavy atom. The molecule has 196 valence electrons. The topological polar surface area (TPSA) is 86.8 Å². The summed E-state index contributed by atoms with van der Waals surface area (Å²) in [6, 6.07) is 21.2. The Bertz CT molecular complexity index is 1330. The summed E-state index contributed by atoms with van der Waals surface area (Å²) in [7, 11) is -2.59. The van der Waals surface area contributed by atoms with Crippen LogP contribution in [-0.4, -0.2) is 44.8 Å². The Balaban J connectivity index is 2.03. The number of sulfonamides is 1. The summed E-state index contributed by atoms with van der Waals surface area (Å²) in [6.45, 7) is 5.30. The zero-order chi connectivity index (χ0) is 27.2. The molecule has 0 spiro atoms. The Labute approximate surface area is 224 Å². The number of hydrogen-bond acceptors (Lipinski definition) is 4. The van der Waals surface area contributed by atoms with E-state index in [1.54, 1.807) is 61.5 Å². The number of carbonyl (C=O) groups excluding carboxylic acids is 2. The molecule has 0 aromatic heterocycles. The van der Waals surface area contributed by atoms with Gasteiger partial charge in [0.25, 0.3) is 10.0 Å². The molecule has 0 saturated heterocycles. The minimum atomic E-state index is -4.08. The summed E-state index contributed by atoms with van der Waals surface area (Å²) in [6.07, 6.45) is 0. The Hall–Kier alpha value is -3.36. The van der Waals surface area contributed by atoms with Crippen molar-refractivity contribution in [2.45, 2.75) is 44.2 Å². The highest BCUT2D eigenvalue weighted by Crippen LogP contribution is 2.26. The largest absolute Gasteiger partial charge is 0.357 e. The summed E-state index contributed by atoms with van der Waals surface area (Å²) in [5.74, 6) is -0.630. The fourth-order valence-corrected chi connectivity index (χ4v) is 5.55. The molecular formula is C28H32ClN3O4S. The van der Waals surface area contributed by atoms with Crippen molar-refractivity contribution < 1.29 is 18.0 Å². The lowest BCUT2D eigenvalue weighted by Crippen LogP contribution is -2.50. The summed E-state index contributed by atoms with van der Waals surface area (Å²) >= 11 is 6.13. The fourth-order valence-electron chi connectivity index (χ4n) is 3.90. The van der Waals surface area contributed by atoms with Crippen molar-refractivity contribution in [1.29, 1.82) is 0 Å². The highest BCUT2D eigenvalue weighted by Gasteiger charge is 2.32. The van der Waals surface area contributed by atoms with Crippen LogP contribution >= 0.6 is 11.6 Å². The maximum absolute atomic E-state index is 13.7. The van der Waals surface area contributed by atoms with E-state index in [-0.39, 0.29) is 23.3 Å². The van der Waals surface area contributed by atoms with Crippen molar-refractivity contribution >= 4 is 39.1 Å². The lowest BCUT2D eigenvalue weighted by atomic mass is 10.0. The maximum atomic E-state index is 13.7. The monoisotopic (exact) mass is 541 g/mol. The van der Waals surface area contributed by atoms with Gasteiger partial charge in [-0.25, -0.2) is 8.42 Å². The molecule has 0 unspecified atom stereocenters. The molecule has 0 aliphatic rings. The second kappa shape index (κ2) is 12.3. The summed E-state index contributed by atoms with van der Waals surface area (Å²) in [5.41, 5.74) is 2.12. The molecule has 9 heteroatoms. The summed E-state index contributed by atoms with van der Waals surface area (Å²) < 4.78 is 28.6. The van der Waals surface area contributed by atoms with Crippen LogP contribution in [0.1, 0.15) is 37.8 Å². The number of nitrogens with one attached hydrogen (secondary N) is 1. The number of anilines is 1. The number of amides is 2. The zero-order valence-corrected chi connectivity index (χ0v) is 23.0. The number of carbonyl (C=O) groups is 2. The van der Waals surface area contributed by atoms with Crippen LogP contribution in [0.5, 0.6) is 0 Å². The van der Waals surface area contributed by atoms with E-state index in [0.717, 1.165) is 15.4 Å². The molecule has 3 aromatic rings. The summed E-state index contributed by atoms with van der Waals surface area (Å²) in [5, 5.41) is 3.06. The summed E-state index contributed by atoms with van der Waals surface area (Å²) in [4.78, 5) is 27.7. The molecule has 0 saturated carbocycles. The van der Waals surface area contributed by atoms with E-state index in [9.17, 15) is 18.0 Å². The van der Waals surface area contributed by atoms with Gasteiger partial charge in [-0.2, -0.15) is 0 Å². The second-order valence-corrected chi connectivity index (χ2v) is 11.3. The molecule has 0 bridgehead atoms. The van der Waals surface area contributed by atoms with E-state index >= 15 is 0 Å². The lowest BCUT2D eigenvalue weighted by Gasteiger charge is -2.32. The van der Waals surface area contributed by atoms with E-state index in [4.69, 9.17) is 11.6 Å². The lowest BCUT2D eigenvalue weighted by molar-refractivity contribution is -0.139. The molecule has 1 atom stereocenters. The third-order valence-corrected chi connectivity index (χ3v) is 8.14. The molecule has 3 rings (SSSR count). The van der Waals surface area contributed by atoms with Crippen LogP contribution in [0, 0.1) is 0 Å². The van der Waals surface area contributed by atoms with Gasteiger partial charge >= 0.3 is 0 Å². The second-order valence-electron chi connectivity index (χ2n) is 9.01. The highest BCUT2D eigenvalue weighted by molar-refractivity contribution is 7.92. The van der Waals surface area contributed by atoms with Crippen LogP contribution in [0.3, 0.4) is 0 Å². The van der Waals surface area contributed by atoms with Gasteiger partial charge in [0, 0.05) is 18.6 Å². The third kappa shape index (κ3) is 6.90. The van der Waals surface area contributed by atoms with Gasteiger partial charge in [-0.15, -0.1) is 0 Å². The number of halogens is 1. The number of hydrogen-bond donors (Lipinski definition) is 1. The molecule has 3 aromatic carbocycles. The molecule has 2 amide bonds. The molecule has 0 radical (unpaired) electrons. The van der Waals surface area contributed by atoms with Crippen molar-refractivity contribution in [2.75, 3.05) is 17.9 Å². The predicted octanol–water partition coefficient (Wildman–Crippen LogP) is 4.82. The standard InChI is InChI=1S/C28H32ClN3O4S/c1-20(2)23-13-15-25(16-14-23)32(37(35,36)26-11-6-5-7-12-26)19-27(33)31(21(3)28(34)30-4)18-22-9-8-10-24(29)17-22/h5-17,20-21H,18-19H2,1-4H3,(H,30,34)/t21-/m0/s1. The Morgan fingerprint density at radius 2 is 1.57 bits per heavy atom. The molecule has 1 N–H and O–H groups in total. The predicted molar refractivity (Wildman–Crippen MR) is 147 cm³/mol. The first-order chi connectivity index (χ1) is 17.5. The molecule has 0 aliphatic carbocycles. The average molecular weight is 542 g/mol. The normalized spacial score (nSPS) is 12.2. The van der Waals surface area contributed by atoms with Gasteiger partial charge in [-0.3, -0.25) is 13.9 Å². The minimum Gasteiger partial charge on any atom is -0.357 e. The van der Waals surface area contributed by atoms with Gasteiger partial charge in [0.05, 0.1) is 10.6 Å².